The maximum atomic E-state index is 13.2. The van der Waals surface area contributed by atoms with Crippen LogP contribution in [0.1, 0.15) is 45.5 Å². The van der Waals surface area contributed by atoms with Gasteiger partial charge >= 0.3 is 0 Å². The number of benzene rings is 3. The Hall–Kier alpha value is -3.91. The summed E-state index contributed by atoms with van der Waals surface area (Å²) < 4.78 is 0. The van der Waals surface area contributed by atoms with Crippen molar-refractivity contribution >= 4 is 40.5 Å². The molecule has 2 N–H and O–H groups in total. The highest BCUT2D eigenvalue weighted by Crippen LogP contribution is 2.29. The van der Waals surface area contributed by atoms with Crippen LogP contribution < -0.4 is 15.5 Å². The zero-order chi connectivity index (χ0) is 25.5. The molecular formula is C27H27ClN4O4. The van der Waals surface area contributed by atoms with Gasteiger partial charge in [-0.05, 0) is 61.6 Å². The molecular weight excluding hydrogens is 480 g/mol. The maximum Gasteiger partial charge on any atom is 0.288 e. The molecule has 0 bridgehead atoms. The summed E-state index contributed by atoms with van der Waals surface area (Å²) in [5, 5.41) is 16.9. The summed E-state index contributed by atoms with van der Waals surface area (Å²) in [5.41, 5.74) is 2.61. The van der Waals surface area contributed by atoms with E-state index in [1.807, 2.05) is 36.4 Å². The highest BCUT2D eigenvalue weighted by atomic mass is 35.5. The van der Waals surface area contributed by atoms with Crippen LogP contribution in [0.5, 0.6) is 0 Å². The first-order chi connectivity index (χ1) is 17.4. The fourth-order valence-electron chi connectivity index (χ4n) is 4.26. The van der Waals surface area contributed by atoms with Gasteiger partial charge in [-0.1, -0.05) is 41.9 Å². The van der Waals surface area contributed by atoms with E-state index in [0.717, 1.165) is 49.7 Å². The van der Waals surface area contributed by atoms with Crippen molar-refractivity contribution in [2.24, 2.45) is 0 Å². The predicted octanol–water partition coefficient (Wildman–Crippen LogP) is 5.46. The molecule has 1 heterocycles. The molecule has 1 saturated heterocycles. The van der Waals surface area contributed by atoms with Gasteiger partial charge in [0.05, 0.1) is 10.5 Å². The number of nitrogens with zero attached hydrogens (tertiary/aromatic N) is 2. The van der Waals surface area contributed by atoms with Gasteiger partial charge in [0.2, 0.25) is 0 Å². The first-order valence-electron chi connectivity index (χ1n) is 11.9. The molecule has 0 saturated carbocycles. The van der Waals surface area contributed by atoms with E-state index in [0.29, 0.717) is 24.2 Å². The van der Waals surface area contributed by atoms with E-state index < -0.39 is 10.8 Å². The number of anilines is 2. The minimum Gasteiger partial charge on any atom is -0.371 e. The Morgan fingerprint density at radius 2 is 1.69 bits per heavy atom. The van der Waals surface area contributed by atoms with Crippen molar-refractivity contribution in [3.63, 3.8) is 0 Å². The van der Waals surface area contributed by atoms with Gasteiger partial charge in [0.25, 0.3) is 17.5 Å². The van der Waals surface area contributed by atoms with Crippen molar-refractivity contribution in [2.75, 3.05) is 29.9 Å². The van der Waals surface area contributed by atoms with E-state index in [9.17, 15) is 19.7 Å². The lowest BCUT2D eigenvalue weighted by atomic mass is 10.1. The first kappa shape index (κ1) is 25.2. The van der Waals surface area contributed by atoms with Gasteiger partial charge in [-0.15, -0.1) is 0 Å². The Morgan fingerprint density at radius 3 is 2.42 bits per heavy atom. The lowest BCUT2D eigenvalue weighted by molar-refractivity contribution is -0.384. The maximum absolute atomic E-state index is 13.2. The average Bonchev–Trinajstić information content (AvgIpc) is 2.89. The zero-order valence-electron chi connectivity index (χ0n) is 19.7. The van der Waals surface area contributed by atoms with Crippen LogP contribution in [0.4, 0.5) is 17.1 Å². The molecule has 8 nitrogen and oxygen atoms in total. The number of amides is 2. The van der Waals surface area contributed by atoms with E-state index in [2.05, 4.69) is 15.5 Å². The third kappa shape index (κ3) is 6.20. The van der Waals surface area contributed by atoms with Crippen molar-refractivity contribution in [3.05, 3.63) is 98.6 Å². The number of nitro groups is 1. The van der Waals surface area contributed by atoms with E-state index in [1.165, 1.54) is 12.1 Å². The smallest absolute Gasteiger partial charge is 0.288 e. The van der Waals surface area contributed by atoms with Crippen LogP contribution in [0, 0.1) is 10.1 Å². The normalized spacial score (nSPS) is 13.2. The number of rotatable bonds is 8. The van der Waals surface area contributed by atoms with Gasteiger partial charge in [0.15, 0.2) is 0 Å². The number of carbonyl (C=O) groups excluding carboxylic acids is 2. The Bertz CT molecular complexity index is 1260. The molecule has 4 rings (SSSR count). The van der Waals surface area contributed by atoms with Crippen molar-refractivity contribution in [2.45, 2.75) is 25.7 Å². The average molecular weight is 507 g/mol. The third-order valence-corrected chi connectivity index (χ3v) is 6.46. The van der Waals surface area contributed by atoms with E-state index in [1.54, 1.807) is 12.1 Å². The number of halogens is 1. The fraction of sp³-hybridized carbons (Fsp3) is 0.259. The Labute approximate surface area is 214 Å². The Kier molecular flexibility index (Phi) is 8.17. The summed E-state index contributed by atoms with van der Waals surface area (Å²) in [6, 6.07) is 19.0. The lowest BCUT2D eigenvalue weighted by Crippen LogP contribution is -2.33. The highest BCUT2D eigenvalue weighted by molar-refractivity contribution is 6.32. The Balaban J connectivity index is 1.54. The summed E-state index contributed by atoms with van der Waals surface area (Å²) in [5.74, 6) is -0.749. The van der Waals surface area contributed by atoms with Gasteiger partial charge in [-0.2, -0.15) is 0 Å². The number of nitrogens with one attached hydrogen (secondary N) is 2. The van der Waals surface area contributed by atoms with Crippen LogP contribution in [-0.2, 0) is 6.42 Å². The fourth-order valence-corrected chi connectivity index (χ4v) is 4.45. The van der Waals surface area contributed by atoms with Crippen LogP contribution in [0.25, 0.3) is 0 Å². The minimum atomic E-state index is -0.635. The molecule has 2 amide bonds. The summed E-state index contributed by atoms with van der Waals surface area (Å²) in [7, 11) is 0. The molecule has 0 spiro atoms. The molecule has 36 heavy (non-hydrogen) atoms. The number of hydrogen-bond acceptors (Lipinski definition) is 5. The highest BCUT2D eigenvalue weighted by Gasteiger charge is 2.21. The van der Waals surface area contributed by atoms with Crippen LogP contribution >= 0.6 is 11.6 Å². The second kappa shape index (κ2) is 11.7. The molecule has 1 fully saturated rings. The molecule has 0 aliphatic carbocycles. The predicted molar refractivity (Wildman–Crippen MR) is 141 cm³/mol. The molecule has 0 unspecified atom stereocenters. The molecule has 0 atom stereocenters. The van der Waals surface area contributed by atoms with Gasteiger partial charge in [0.1, 0.15) is 5.02 Å². The molecule has 1 aliphatic heterocycles. The molecule has 3 aromatic rings. The number of hydrogen-bond donors (Lipinski definition) is 2. The quantitative estimate of drug-likeness (QED) is 0.311. The summed E-state index contributed by atoms with van der Waals surface area (Å²) in [6.45, 7) is 2.21. The molecule has 1 aliphatic rings. The van der Waals surface area contributed by atoms with E-state index >= 15 is 0 Å². The standard InChI is InChI=1S/C27H27ClN4O4/c28-23-11-9-20(17-25(23)32(35)36)26(33)30-21-10-12-24(31-15-5-2-6-16-31)22(18-21)27(34)29-14-13-19-7-3-1-4-8-19/h1,3-4,7-12,17-18H,2,5-6,13-16H2,(H,29,34)(H,30,33). The summed E-state index contributed by atoms with van der Waals surface area (Å²) in [6.07, 6.45) is 3.99. The first-order valence-corrected chi connectivity index (χ1v) is 12.3. The minimum absolute atomic E-state index is 0.0445. The molecule has 9 heteroatoms. The topological polar surface area (TPSA) is 105 Å². The second-order valence-corrected chi connectivity index (χ2v) is 9.06. The van der Waals surface area contributed by atoms with E-state index in [-0.39, 0.29) is 22.2 Å². The van der Waals surface area contributed by atoms with Gasteiger partial charge in [0, 0.05) is 42.6 Å². The second-order valence-electron chi connectivity index (χ2n) is 8.65. The summed E-state index contributed by atoms with van der Waals surface area (Å²) >= 11 is 5.86. The largest absolute Gasteiger partial charge is 0.371 e. The molecule has 3 aromatic carbocycles. The zero-order valence-corrected chi connectivity index (χ0v) is 20.5. The van der Waals surface area contributed by atoms with Crippen molar-refractivity contribution in [1.82, 2.24) is 5.32 Å². The van der Waals surface area contributed by atoms with Crippen LogP contribution in [0.3, 0.4) is 0 Å². The SMILES string of the molecule is O=C(Nc1ccc(N2CCCCC2)c(C(=O)NCCc2ccccc2)c1)c1ccc(Cl)c([N+](=O)[O-])c1. The van der Waals surface area contributed by atoms with Crippen molar-refractivity contribution in [3.8, 4) is 0 Å². The molecule has 0 radical (unpaired) electrons. The van der Waals surface area contributed by atoms with E-state index in [4.69, 9.17) is 11.6 Å². The van der Waals surface area contributed by atoms with Crippen molar-refractivity contribution in [1.29, 1.82) is 0 Å². The van der Waals surface area contributed by atoms with Crippen LogP contribution in [0.15, 0.2) is 66.7 Å². The monoisotopic (exact) mass is 506 g/mol. The lowest BCUT2D eigenvalue weighted by Gasteiger charge is -2.30. The number of carbonyl (C=O) groups is 2. The summed E-state index contributed by atoms with van der Waals surface area (Å²) in [4.78, 5) is 38.8. The van der Waals surface area contributed by atoms with Gasteiger partial charge in [-0.25, -0.2) is 0 Å². The molecule has 186 valence electrons. The Morgan fingerprint density at radius 1 is 0.944 bits per heavy atom. The molecule has 0 aromatic heterocycles. The van der Waals surface area contributed by atoms with Gasteiger partial charge < -0.3 is 15.5 Å². The number of piperidine rings is 1. The van der Waals surface area contributed by atoms with Crippen LogP contribution in [-0.4, -0.2) is 36.4 Å². The van der Waals surface area contributed by atoms with Crippen LogP contribution in [0.2, 0.25) is 5.02 Å². The third-order valence-electron chi connectivity index (χ3n) is 6.14. The van der Waals surface area contributed by atoms with Gasteiger partial charge in [-0.3, -0.25) is 19.7 Å². The van der Waals surface area contributed by atoms with Crippen molar-refractivity contribution < 1.29 is 14.5 Å². The number of nitro benzene ring substituents is 1.